The molecule has 0 heterocycles. The Labute approximate surface area is 185 Å². The Kier molecular flexibility index (Phi) is 7.73. The summed E-state index contributed by atoms with van der Waals surface area (Å²) in [6.45, 7) is 5.92. The number of Topliss-reactive ketones (excluding diaryl/α,β-unsaturated/α-hetero) is 2. The van der Waals surface area contributed by atoms with Gasteiger partial charge >= 0.3 is 0 Å². The van der Waals surface area contributed by atoms with E-state index in [-0.39, 0.29) is 23.2 Å². The average Bonchev–Trinajstić information content (AvgIpc) is 2.75. The highest BCUT2D eigenvalue weighted by atomic mass is 35.5. The first-order valence-electron chi connectivity index (χ1n) is 9.08. The van der Waals surface area contributed by atoms with E-state index >= 15 is 0 Å². The van der Waals surface area contributed by atoms with Crippen LogP contribution in [-0.2, 0) is 9.59 Å². The van der Waals surface area contributed by atoms with Gasteiger partial charge in [0.05, 0.1) is 11.0 Å². The largest absolute Gasteiger partial charge is 0.373 e. The standard InChI is InChI=1S/C21H17ClF4N2O4/c1-9(10(2)29)8-14(11(3)30)20(12-4-6-13(7-5-12)28(31)32)27-21-18(25)16(23)15(22)17(24)19(21)26/h4-7,14,20,27H,1,8H2,2-3H3/t14-,20+/m0/s1. The lowest BCUT2D eigenvalue weighted by molar-refractivity contribution is -0.384. The molecule has 0 fully saturated rings. The fourth-order valence-electron chi connectivity index (χ4n) is 3.01. The number of nitro groups is 1. The number of non-ortho nitro benzene ring substituents is 1. The van der Waals surface area contributed by atoms with Gasteiger partial charge in [-0.15, -0.1) is 0 Å². The summed E-state index contributed by atoms with van der Waals surface area (Å²) in [5.74, 6) is -9.50. The minimum Gasteiger partial charge on any atom is -0.373 e. The summed E-state index contributed by atoms with van der Waals surface area (Å²) in [4.78, 5) is 34.3. The summed E-state index contributed by atoms with van der Waals surface area (Å²) in [5.41, 5.74) is -1.39. The summed E-state index contributed by atoms with van der Waals surface area (Å²) < 4.78 is 56.8. The SMILES string of the molecule is C=C(C[C@@H](C(C)=O)[C@H](Nc1c(F)c(F)c(Cl)c(F)c1F)c1ccc([N+](=O)[O-])cc1)C(C)=O. The maximum atomic E-state index is 14.4. The summed E-state index contributed by atoms with van der Waals surface area (Å²) >= 11 is 5.25. The Balaban J connectivity index is 2.65. The molecule has 0 saturated carbocycles. The van der Waals surface area contributed by atoms with Crippen LogP contribution in [0.25, 0.3) is 0 Å². The Morgan fingerprint density at radius 3 is 1.97 bits per heavy atom. The molecule has 0 bridgehead atoms. The molecular formula is C21H17ClF4N2O4. The van der Waals surface area contributed by atoms with E-state index < -0.39 is 62.4 Å². The number of carbonyl (C=O) groups excluding carboxylic acids is 2. The lowest BCUT2D eigenvalue weighted by Crippen LogP contribution is -2.28. The van der Waals surface area contributed by atoms with E-state index in [0.29, 0.717) is 0 Å². The zero-order valence-corrected chi connectivity index (χ0v) is 17.6. The molecule has 1 N–H and O–H groups in total. The quantitative estimate of drug-likeness (QED) is 0.126. The van der Waals surface area contributed by atoms with Gasteiger partial charge in [0.1, 0.15) is 16.5 Å². The number of benzene rings is 2. The van der Waals surface area contributed by atoms with Crippen LogP contribution < -0.4 is 5.32 Å². The van der Waals surface area contributed by atoms with Gasteiger partial charge in [-0.05, 0) is 31.4 Å². The van der Waals surface area contributed by atoms with Crippen LogP contribution in [0.3, 0.4) is 0 Å². The number of hydrogen-bond donors (Lipinski definition) is 1. The van der Waals surface area contributed by atoms with Crippen LogP contribution in [-0.4, -0.2) is 16.5 Å². The van der Waals surface area contributed by atoms with Crippen molar-refractivity contribution in [2.24, 2.45) is 5.92 Å². The highest BCUT2D eigenvalue weighted by molar-refractivity contribution is 6.31. The molecule has 2 aromatic carbocycles. The van der Waals surface area contributed by atoms with E-state index in [2.05, 4.69) is 11.9 Å². The number of allylic oxidation sites excluding steroid dienone is 1. The predicted molar refractivity (Wildman–Crippen MR) is 109 cm³/mol. The molecule has 0 aliphatic rings. The fourth-order valence-corrected chi connectivity index (χ4v) is 3.18. The topological polar surface area (TPSA) is 89.3 Å². The molecule has 0 radical (unpaired) electrons. The Morgan fingerprint density at radius 1 is 1.06 bits per heavy atom. The molecule has 170 valence electrons. The third-order valence-electron chi connectivity index (χ3n) is 4.86. The van der Waals surface area contributed by atoms with Crippen LogP contribution in [0.4, 0.5) is 28.9 Å². The molecule has 11 heteroatoms. The minimum atomic E-state index is -1.84. The molecule has 2 atom stereocenters. The fraction of sp³-hybridized carbons (Fsp3) is 0.238. The normalized spacial score (nSPS) is 12.7. The minimum absolute atomic E-state index is 0.0216. The second kappa shape index (κ2) is 9.90. The zero-order valence-electron chi connectivity index (χ0n) is 16.8. The number of anilines is 1. The third kappa shape index (κ3) is 5.13. The lowest BCUT2D eigenvalue weighted by atomic mass is 9.84. The maximum Gasteiger partial charge on any atom is 0.269 e. The van der Waals surface area contributed by atoms with Crippen LogP contribution in [0.15, 0.2) is 36.4 Å². The molecule has 0 unspecified atom stereocenters. The van der Waals surface area contributed by atoms with Crippen molar-refractivity contribution in [3.8, 4) is 0 Å². The van der Waals surface area contributed by atoms with Crippen molar-refractivity contribution in [3.63, 3.8) is 0 Å². The first-order chi connectivity index (χ1) is 14.9. The number of nitrogens with one attached hydrogen (secondary N) is 1. The van der Waals surface area contributed by atoms with Crippen molar-refractivity contribution in [3.05, 3.63) is 80.4 Å². The van der Waals surface area contributed by atoms with Gasteiger partial charge in [0.25, 0.3) is 5.69 Å². The molecule has 0 aromatic heterocycles. The Hall–Kier alpha value is -3.27. The molecule has 0 spiro atoms. The summed E-state index contributed by atoms with van der Waals surface area (Å²) in [6, 6.07) is 3.24. The predicted octanol–water partition coefficient (Wildman–Crippen LogP) is 5.70. The molecule has 2 aromatic rings. The molecule has 2 rings (SSSR count). The van der Waals surface area contributed by atoms with Crippen LogP contribution in [0, 0.1) is 39.3 Å². The molecule has 0 aliphatic heterocycles. The third-order valence-corrected chi connectivity index (χ3v) is 5.19. The zero-order chi connectivity index (χ0) is 24.3. The van der Waals surface area contributed by atoms with E-state index in [1.807, 2.05) is 0 Å². The van der Waals surface area contributed by atoms with E-state index in [1.165, 1.54) is 19.1 Å². The van der Waals surface area contributed by atoms with Gasteiger partial charge in [-0.2, -0.15) is 0 Å². The van der Waals surface area contributed by atoms with Gasteiger partial charge in [0, 0.05) is 18.1 Å². The van der Waals surface area contributed by atoms with E-state index in [1.54, 1.807) is 0 Å². The van der Waals surface area contributed by atoms with E-state index in [9.17, 15) is 37.3 Å². The van der Waals surface area contributed by atoms with Gasteiger partial charge in [0.15, 0.2) is 29.1 Å². The second-order valence-corrected chi connectivity index (χ2v) is 7.37. The van der Waals surface area contributed by atoms with Gasteiger partial charge in [-0.3, -0.25) is 19.7 Å². The van der Waals surface area contributed by atoms with Gasteiger partial charge in [0.2, 0.25) is 0 Å². The summed E-state index contributed by atoms with van der Waals surface area (Å²) in [6.07, 6.45) is -0.249. The molecule has 32 heavy (non-hydrogen) atoms. The number of rotatable bonds is 9. The van der Waals surface area contributed by atoms with Crippen molar-refractivity contribution in [1.82, 2.24) is 0 Å². The highest BCUT2D eigenvalue weighted by Gasteiger charge is 2.33. The Bertz CT molecular complexity index is 1080. The summed E-state index contributed by atoms with van der Waals surface area (Å²) in [7, 11) is 0. The summed E-state index contributed by atoms with van der Waals surface area (Å²) in [5, 5.41) is 11.8. The van der Waals surface area contributed by atoms with Crippen LogP contribution in [0.2, 0.25) is 5.02 Å². The highest BCUT2D eigenvalue weighted by Crippen LogP contribution is 2.37. The van der Waals surface area contributed by atoms with Gasteiger partial charge in [-0.25, -0.2) is 17.6 Å². The first-order valence-corrected chi connectivity index (χ1v) is 9.46. The number of hydrogen-bond acceptors (Lipinski definition) is 5. The number of ketones is 2. The van der Waals surface area contributed by atoms with Crippen LogP contribution in [0.1, 0.15) is 31.9 Å². The number of nitro benzene ring substituents is 1. The van der Waals surface area contributed by atoms with Crippen LogP contribution >= 0.6 is 11.6 Å². The van der Waals surface area contributed by atoms with Crippen molar-refractivity contribution >= 4 is 34.5 Å². The van der Waals surface area contributed by atoms with Gasteiger partial charge < -0.3 is 5.32 Å². The van der Waals surface area contributed by atoms with Gasteiger partial charge in [-0.1, -0.05) is 30.3 Å². The molecule has 0 aliphatic carbocycles. The maximum absolute atomic E-state index is 14.4. The smallest absolute Gasteiger partial charge is 0.269 e. The Morgan fingerprint density at radius 2 is 1.56 bits per heavy atom. The average molecular weight is 473 g/mol. The monoisotopic (exact) mass is 472 g/mol. The number of carbonyl (C=O) groups is 2. The van der Waals surface area contributed by atoms with E-state index in [0.717, 1.165) is 19.1 Å². The lowest BCUT2D eigenvalue weighted by Gasteiger charge is -2.28. The van der Waals surface area contributed by atoms with Crippen molar-refractivity contribution in [1.29, 1.82) is 0 Å². The van der Waals surface area contributed by atoms with Crippen LogP contribution in [0.5, 0.6) is 0 Å². The molecule has 6 nitrogen and oxygen atoms in total. The van der Waals surface area contributed by atoms with E-state index in [4.69, 9.17) is 11.6 Å². The van der Waals surface area contributed by atoms with Crippen molar-refractivity contribution < 1.29 is 32.1 Å². The molecule has 0 saturated heterocycles. The first kappa shape index (κ1) is 25.0. The molecule has 0 amide bonds. The second-order valence-electron chi connectivity index (χ2n) is 7.00. The number of halogens is 5. The van der Waals surface area contributed by atoms with Crippen molar-refractivity contribution in [2.45, 2.75) is 26.3 Å². The number of nitrogens with zero attached hydrogens (tertiary/aromatic N) is 1. The molecular weight excluding hydrogens is 456 g/mol. The van der Waals surface area contributed by atoms with Crippen molar-refractivity contribution in [2.75, 3.05) is 5.32 Å².